The Balaban J connectivity index is 2.11. The van der Waals surface area contributed by atoms with Crippen molar-refractivity contribution in [2.45, 2.75) is 12.8 Å². The number of allylic oxidation sites excluding steroid dienone is 1. The third-order valence-electron chi connectivity index (χ3n) is 5.40. The van der Waals surface area contributed by atoms with Crippen molar-refractivity contribution >= 4 is 29.6 Å². The molecule has 0 amide bonds. The number of rotatable bonds is 6. The molecule has 0 aliphatic carbocycles. The largest absolute Gasteiger partial charge is 0.404 e. The van der Waals surface area contributed by atoms with Crippen molar-refractivity contribution in [1.29, 1.82) is 5.26 Å². The van der Waals surface area contributed by atoms with Gasteiger partial charge < -0.3 is 16.4 Å². The summed E-state index contributed by atoms with van der Waals surface area (Å²) < 4.78 is 0. The molecular weight excluding hydrogens is 390 g/mol. The van der Waals surface area contributed by atoms with E-state index >= 15 is 0 Å². The number of aliphatic imine (C=N–C) groups is 2. The highest BCUT2D eigenvalue weighted by Crippen LogP contribution is 2.39. The highest BCUT2D eigenvalue weighted by molar-refractivity contribution is 6.11. The molecule has 1 aliphatic heterocycles. The number of amidine groups is 1. The number of hydrogen-bond acceptors (Lipinski definition) is 6. The van der Waals surface area contributed by atoms with Crippen molar-refractivity contribution in [2.75, 3.05) is 25.0 Å². The monoisotopic (exact) mass is 416 g/mol. The predicted octanol–water partition coefficient (Wildman–Crippen LogP) is 0.376. The Morgan fingerprint density at radius 3 is 2.65 bits per heavy atom. The van der Waals surface area contributed by atoms with E-state index in [1.807, 2.05) is 18.2 Å². The zero-order valence-electron chi connectivity index (χ0n) is 17.4. The van der Waals surface area contributed by atoms with Crippen LogP contribution >= 0.6 is 0 Å². The van der Waals surface area contributed by atoms with E-state index in [2.05, 4.69) is 31.2 Å². The lowest BCUT2D eigenvalue weighted by molar-refractivity contribution is -0.106. The van der Waals surface area contributed by atoms with Gasteiger partial charge in [-0.3, -0.25) is 10.4 Å². The molecule has 3 rings (SSSR count). The van der Waals surface area contributed by atoms with E-state index in [9.17, 15) is 5.26 Å². The van der Waals surface area contributed by atoms with Gasteiger partial charge in [-0.25, -0.2) is 0 Å². The summed E-state index contributed by atoms with van der Waals surface area (Å²) in [6, 6.07) is 8.16. The Hall–Kier alpha value is -4.06. The Morgan fingerprint density at radius 2 is 2.06 bits per heavy atom. The van der Waals surface area contributed by atoms with Gasteiger partial charge in [-0.05, 0) is 23.9 Å². The van der Waals surface area contributed by atoms with Gasteiger partial charge in [0.2, 0.25) is 5.84 Å². The number of piperidine rings is 1. The van der Waals surface area contributed by atoms with Crippen LogP contribution in [-0.2, 0) is 0 Å². The summed E-state index contributed by atoms with van der Waals surface area (Å²) in [5, 5.41) is 23.4. The minimum Gasteiger partial charge on any atom is -0.404 e. The van der Waals surface area contributed by atoms with E-state index in [-0.39, 0.29) is 5.92 Å². The molecule has 0 atom stereocenters. The SMILES string of the molecule is CN=C/C(=C\N)c1ccc(-c2ccnnc2)c(N2CCC(C(N)=NC=[NH2+])CC2)c1C#N. The predicted molar refractivity (Wildman–Crippen MR) is 123 cm³/mol. The molecule has 2 heterocycles. The molecule has 0 radical (unpaired) electrons. The topological polar surface area (TPSA) is 155 Å². The molecule has 9 nitrogen and oxygen atoms in total. The summed E-state index contributed by atoms with van der Waals surface area (Å²) in [5.41, 5.74) is 16.5. The Labute approximate surface area is 181 Å². The van der Waals surface area contributed by atoms with Crippen molar-refractivity contribution in [2.24, 2.45) is 27.4 Å². The third kappa shape index (κ3) is 4.59. The van der Waals surface area contributed by atoms with E-state index in [4.69, 9.17) is 16.9 Å². The highest BCUT2D eigenvalue weighted by Gasteiger charge is 2.28. The van der Waals surface area contributed by atoms with Gasteiger partial charge >= 0.3 is 0 Å². The maximum atomic E-state index is 10.1. The van der Waals surface area contributed by atoms with Crippen molar-refractivity contribution in [3.63, 3.8) is 0 Å². The number of nitriles is 1. The van der Waals surface area contributed by atoms with Gasteiger partial charge in [0.1, 0.15) is 6.07 Å². The quantitative estimate of drug-likeness (QED) is 0.456. The molecule has 0 saturated carbocycles. The van der Waals surface area contributed by atoms with E-state index < -0.39 is 0 Å². The van der Waals surface area contributed by atoms with Crippen LogP contribution < -0.4 is 21.8 Å². The van der Waals surface area contributed by atoms with Crippen LogP contribution in [0.25, 0.3) is 16.7 Å². The van der Waals surface area contributed by atoms with Crippen molar-refractivity contribution < 1.29 is 5.41 Å². The molecule has 2 aromatic rings. The molecule has 1 saturated heterocycles. The number of benzene rings is 1. The van der Waals surface area contributed by atoms with Crippen LogP contribution in [0.3, 0.4) is 0 Å². The molecule has 1 aromatic heterocycles. The zero-order chi connectivity index (χ0) is 22.2. The molecule has 1 aromatic carbocycles. The minimum absolute atomic E-state index is 0.155. The summed E-state index contributed by atoms with van der Waals surface area (Å²) in [5.74, 6) is 0.699. The van der Waals surface area contributed by atoms with E-state index in [1.54, 1.807) is 25.7 Å². The Bertz CT molecular complexity index is 1060. The van der Waals surface area contributed by atoms with Crippen LogP contribution in [0, 0.1) is 17.2 Å². The first-order valence-electron chi connectivity index (χ1n) is 9.94. The van der Waals surface area contributed by atoms with Gasteiger partial charge in [0.05, 0.1) is 23.6 Å². The van der Waals surface area contributed by atoms with Gasteiger partial charge in [0.25, 0.3) is 6.34 Å². The lowest BCUT2D eigenvalue weighted by atomic mass is 9.90. The van der Waals surface area contributed by atoms with Crippen LogP contribution in [0.1, 0.15) is 24.0 Å². The summed E-state index contributed by atoms with van der Waals surface area (Å²) in [6.45, 7) is 1.44. The molecule has 1 aliphatic rings. The van der Waals surface area contributed by atoms with Crippen LogP contribution in [0.4, 0.5) is 5.69 Å². The van der Waals surface area contributed by atoms with Crippen LogP contribution in [0.15, 0.2) is 46.8 Å². The number of anilines is 1. The molecular formula is C22H26N9+. The first-order chi connectivity index (χ1) is 15.1. The van der Waals surface area contributed by atoms with Gasteiger partial charge in [0, 0.05) is 60.7 Å². The summed E-state index contributed by atoms with van der Waals surface area (Å²) >= 11 is 0. The van der Waals surface area contributed by atoms with Crippen LogP contribution in [-0.4, -0.2) is 48.7 Å². The van der Waals surface area contributed by atoms with Crippen molar-refractivity contribution in [3.8, 4) is 17.2 Å². The van der Waals surface area contributed by atoms with Gasteiger partial charge in [0.15, 0.2) is 0 Å². The average molecular weight is 417 g/mol. The molecule has 9 heteroatoms. The van der Waals surface area contributed by atoms with E-state index in [0.717, 1.165) is 48.3 Å². The molecule has 158 valence electrons. The van der Waals surface area contributed by atoms with Gasteiger partial charge in [-0.1, -0.05) is 12.1 Å². The molecule has 0 unspecified atom stereocenters. The molecule has 31 heavy (non-hydrogen) atoms. The van der Waals surface area contributed by atoms with E-state index in [0.29, 0.717) is 17.0 Å². The fourth-order valence-electron chi connectivity index (χ4n) is 3.89. The summed E-state index contributed by atoms with van der Waals surface area (Å²) in [4.78, 5) is 10.3. The molecule has 0 bridgehead atoms. The second-order valence-electron chi connectivity index (χ2n) is 7.10. The van der Waals surface area contributed by atoms with E-state index in [1.165, 1.54) is 12.5 Å². The van der Waals surface area contributed by atoms with Crippen molar-refractivity contribution in [1.82, 2.24) is 10.2 Å². The molecule has 6 N–H and O–H groups in total. The summed E-state index contributed by atoms with van der Waals surface area (Å²) in [6.07, 6.45) is 9.30. The summed E-state index contributed by atoms with van der Waals surface area (Å²) in [7, 11) is 1.67. The zero-order valence-corrected chi connectivity index (χ0v) is 17.4. The Kier molecular flexibility index (Phi) is 7.06. The fraction of sp³-hybridized carbons (Fsp3) is 0.273. The van der Waals surface area contributed by atoms with Crippen LogP contribution in [0.2, 0.25) is 0 Å². The lowest BCUT2D eigenvalue weighted by Crippen LogP contribution is -2.40. The number of nitrogens with zero attached hydrogens (tertiary/aromatic N) is 6. The molecule has 0 spiro atoms. The second kappa shape index (κ2) is 10.1. The number of aromatic nitrogens is 2. The smallest absolute Gasteiger partial charge is 0.279 e. The normalized spacial score (nSPS) is 15.8. The van der Waals surface area contributed by atoms with Crippen molar-refractivity contribution in [3.05, 3.63) is 47.9 Å². The number of hydrogen-bond donors (Lipinski definition) is 3. The first kappa shape index (κ1) is 21.6. The maximum Gasteiger partial charge on any atom is 0.279 e. The third-order valence-corrected chi connectivity index (χ3v) is 5.40. The maximum absolute atomic E-state index is 10.1. The Morgan fingerprint density at radius 1 is 1.29 bits per heavy atom. The standard InChI is InChI=1S/C22H25N9/c1-27-12-17(10-23)18-2-3-19(16-4-7-29-30-13-16)21(20(18)11-24)31-8-5-15(6-9-31)22(26)28-14-25/h2-4,7,10,12-15H,5-6,8-9,23H2,1H3,(H3,25,26,28)/p+1/b17-10+,27-12?. The number of nitrogens with two attached hydrogens (primary N) is 3. The molecule has 1 fully saturated rings. The first-order valence-corrected chi connectivity index (χ1v) is 9.94. The van der Waals surface area contributed by atoms with Crippen LogP contribution in [0.5, 0.6) is 0 Å². The second-order valence-corrected chi connectivity index (χ2v) is 7.10. The van der Waals surface area contributed by atoms with Gasteiger partial charge in [-0.2, -0.15) is 15.5 Å². The fourth-order valence-corrected chi connectivity index (χ4v) is 3.89. The average Bonchev–Trinajstić information content (AvgIpc) is 2.82. The highest BCUT2D eigenvalue weighted by atomic mass is 15.1. The lowest BCUT2D eigenvalue weighted by Gasteiger charge is -2.34. The van der Waals surface area contributed by atoms with Gasteiger partial charge in [-0.15, -0.1) is 0 Å². The minimum atomic E-state index is 0.155.